The molecule has 5 nitrogen and oxygen atoms in total. The molecule has 1 fully saturated rings. The molecule has 94 valence electrons. The maximum Gasteiger partial charge on any atom is 0.409 e. The van der Waals surface area contributed by atoms with E-state index in [1.807, 2.05) is 18.7 Å². The maximum atomic E-state index is 11.4. The second kappa shape index (κ2) is 6.06. The Morgan fingerprint density at radius 1 is 1.31 bits per heavy atom. The van der Waals surface area contributed by atoms with E-state index in [0.717, 1.165) is 0 Å². The Balaban J connectivity index is 2.36. The van der Waals surface area contributed by atoms with E-state index in [4.69, 9.17) is 4.74 Å². The zero-order valence-electron chi connectivity index (χ0n) is 10.3. The molecule has 0 aromatic carbocycles. The van der Waals surface area contributed by atoms with Crippen molar-refractivity contribution in [1.29, 1.82) is 0 Å². The highest BCUT2D eigenvalue weighted by atomic mass is 16.6. The van der Waals surface area contributed by atoms with Crippen LogP contribution >= 0.6 is 0 Å². The summed E-state index contributed by atoms with van der Waals surface area (Å²) in [6.45, 7) is 8.86. The smallest absolute Gasteiger partial charge is 0.409 e. The van der Waals surface area contributed by atoms with Gasteiger partial charge in [-0.25, -0.2) is 4.79 Å². The van der Waals surface area contributed by atoms with Gasteiger partial charge in [0.2, 0.25) is 0 Å². The van der Waals surface area contributed by atoms with E-state index in [-0.39, 0.29) is 12.0 Å². The van der Waals surface area contributed by atoms with Gasteiger partial charge in [-0.15, -0.1) is 0 Å². The molecule has 1 aliphatic rings. The first-order chi connectivity index (χ1) is 7.56. The molecule has 1 saturated heterocycles. The normalized spacial score (nSPS) is 19.9. The fraction of sp³-hybridized carbons (Fsp3) is 0.909. The number of hydrogen-bond donors (Lipinski definition) is 1. The number of aliphatic hydroxyl groups is 1. The highest BCUT2D eigenvalue weighted by molar-refractivity contribution is 5.67. The lowest BCUT2D eigenvalue weighted by Gasteiger charge is -2.37. The molecule has 0 aromatic rings. The molecule has 0 spiro atoms. The van der Waals surface area contributed by atoms with Crippen LogP contribution < -0.4 is 0 Å². The lowest BCUT2D eigenvalue weighted by Crippen LogP contribution is -2.53. The van der Waals surface area contributed by atoms with E-state index in [2.05, 4.69) is 0 Å². The van der Waals surface area contributed by atoms with Crippen LogP contribution in [0.1, 0.15) is 20.8 Å². The largest absolute Gasteiger partial charge is 0.450 e. The number of piperazine rings is 1. The standard InChI is InChI=1S/C11H22N2O3/c1-4-16-11(15)13-7-5-12(6-8-13)10(14)9(2)3/h9-10,14H,4-8H2,1-3H3. The topological polar surface area (TPSA) is 53.0 Å². The summed E-state index contributed by atoms with van der Waals surface area (Å²) in [5.41, 5.74) is 0. The molecule has 5 heteroatoms. The molecule has 0 radical (unpaired) electrons. The molecule has 0 aromatic heterocycles. The number of ether oxygens (including phenoxy) is 1. The van der Waals surface area contributed by atoms with Crippen LogP contribution in [0.15, 0.2) is 0 Å². The molecule has 1 aliphatic heterocycles. The second-order valence-electron chi connectivity index (χ2n) is 4.38. The van der Waals surface area contributed by atoms with Crippen molar-refractivity contribution in [2.24, 2.45) is 5.92 Å². The first kappa shape index (κ1) is 13.3. The SMILES string of the molecule is CCOC(=O)N1CCN(C(O)C(C)C)CC1. The first-order valence-electron chi connectivity index (χ1n) is 5.90. The van der Waals surface area contributed by atoms with E-state index in [1.165, 1.54) is 0 Å². The Morgan fingerprint density at radius 3 is 2.31 bits per heavy atom. The minimum absolute atomic E-state index is 0.217. The lowest BCUT2D eigenvalue weighted by molar-refractivity contribution is -0.0509. The van der Waals surface area contributed by atoms with Gasteiger partial charge in [0, 0.05) is 26.2 Å². The van der Waals surface area contributed by atoms with Gasteiger partial charge in [0.25, 0.3) is 0 Å². The molecular weight excluding hydrogens is 208 g/mol. The molecule has 1 atom stereocenters. The van der Waals surface area contributed by atoms with Crippen LogP contribution in [0.4, 0.5) is 4.79 Å². The van der Waals surface area contributed by atoms with Crippen molar-refractivity contribution in [3.63, 3.8) is 0 Å². The Kier molecular flexibility index (Phi) is 5.02. The Labute approximate surface area is 97.0 Å². The minimum Gasteiger partial charge on any atom is -0.450 e. The molecule has 0 saturated carbocycles. The predicted molar refractivity (Wildman–Crippen MR) is 61.0 cm³/mol. The predicted octanol–water partition coefficient (Wildman–Crippen LogP) is 0.735. The number of nitrogens with zero attached hydrogens (tertiary/aromatic N) is 2. The van der Waals surface area contributed by atoms with Gasteiger partial charge in [-0.2, -0.15) is 0 Å². The fourth-order valence-electron chi connectivity index (χ4n) is 1.81. The summed E-state index contributed by atoms with van der Waals surface area (Å²) in [5.74, 6) is 0.217. The van der Waals surface area contributed by atoms with Crippen molar-refractivity contribution < 1.29 is 14.6 Å². The van der Waals surface area contributed by atoms with Crippen molar-refractivity contribution >= 4 is 6.09 Å². The van der Waals surface area contributed by atoms with Crippen molar-refractivity contribution in [2.45, 2.75) is 27.0 Å². The quantitative estimate of drug-likeness (QED) is 0.777. The van der Waals surface area contributed by atoms with Crippen LogP contribution in [0.3, 0.4) is 0 Å². The molecule has 1 heterocycles. The zero-order valence-corrected chi connectivity index (χ0v) is 10.3. The van der Waals surface area contributed by atoms with Crippen molar-refractivity contribution in [3.8, 4) is 0 Å². The van der Waals surface area contributed by atoms with Gasteiger partial charge in [-0.1, -0.05) is 13.8 Å². The number of rotatable bonds is 3. The molecular formula is C11H22N2O3. The molecule has 1 N–H and O–H groups in total. The molecule has 0 aliphatic carbocycles. The Hall–Kier alpha value is -0.810. The molecule has 1 unspecified atom stereocenters. The molecule has 1 rings (SSSR count). The summed E-state index contributed by atoms with van der Waals surface area (Å²) in [4.78, 5) is 15.1. The van der Waals surface area contributed by atoms with E-state index in [0.29, 0.717) is 32.8 Å². The van der Waals surface area contributed by atoms with Gasteiger partial charge in [-0.3, -0.25) is 4.90 Å². The highest BCUT2D eigenvalue weighted by Crippen LogP contribution is 2.11. The van der Waals surface area contributed by atoms with Gasteiger partial charge < -0.3 is 14.7 Å². The van der Waals surface area contributed by atoms with Crippen LogP contribution in [-0.2, 0) is 4.74 Å². The number of aliphatic hydroxyl groups excluding tert-OH is 1. The van der Waals surface area contributed by atoms with Gasteiger partial charge in [0.1, 0.15) is 6.23 Å². The van der Waals surface area contributed by atoms with Gasteiger partial charge in [-0.05, 0) is 12.8 Å². The van der Waals surface area contributed by atoms with Crippen molar-refractivity contribution in [3.05, 3.63) is 0 Å². The average Bonchev–Trinajstić information content (AvgIpc) is 2.28. The Bertz CT molecular complexity index is 225. The number of amides is 1. The molecule has 0 bridgehead atoms. The number of carbonyl (C=O) groups is 1. The summed E-state index contributed by atoms with van der Waals surface area (Å²) in [6, 6.07) is 0. The monoisotopic (exact) mass is 230 g/mol. The zero-order chi connectivity index (χ0) is 12.1. The molecule has 16 heavy (non-hydrogen) atoms. The van der Waals surface area contributed by atoms with E-state index in [9.17, 15) is 9.90 Å². The van der Waals surface area contributed by atoms with Crippen LogP contribution in [0.25, 0.3) is 0 Å². The maximum absolute atomic E-state index is 11.4. The third-order valence-electron chi connectivity index (χ3n) is 2.81. The van der Waals surface area contributed by atoms with E-state index in [1.54, 1.807) is 11.8 Å². The summed E-state index contributed by atoms with van der Waals surface area (Å²) < 4.78 is 4.93. The van der Waals surface area contributed by atoms with Crippen molar-refractivity contribution in [2.75, 3.05) is 32.8 Å². The average molecular weight is 230 g/mol. The van der Waals surface area contributed by atoms with Crippen LogP contribution in [0, 0.1) is 5.92 Å². The first-order valence-corrected chi connectivity index (χ1v) is 5.90. The van der Waals surface area contributed by atoms with Gasteiger partial charge in [0.05, 0.1) is 6.61 Å². The number of hydrogen-bond acceptors (Lipinski definition) is 4. The minimum atomic E-state index is -0.413. The highest BCUT2D eigenvalue weighted by Gasteiger charge is 2.26. The van der Waals surface area contributed by atoms with Crippen LogP contribution in [0.2, 0.25) is 0 Å². The van der Waals surface area contributed by atoms with Crippen molar-refractivity contribution in [1.82, 2.24) is 9.80 Å². The Morgan fingerprint density at radius 2 is 1.88 bits per heavy atom. The summed E-state index contributed by atoms with van der Waals surface area (Å²) in [5, 5.41) is 9.87. The van der Waals surface area contributed by atoms with Gasteiger partial charge in [0.15, 0.2) is 0 Å². The van der Waals surface area contributed by atoms with Crippen LogP contribution in [-0.4, -0.2) is 60.0 Å². The summed E-state index contributed by atoms with van der Waals surface area (Å²) in [7, 11) is 0. The lowest BCUT2D eigenvalue weighted by atomic mass is 10.1. The van der Waals surface area contributed by atoms with Crippen LogP contribution in [0.5, 0.6) is 0 Å². The number of carbonyl (C=O) groups excluding carboxylic acids is 1. The van der Waals surface area contributed by atoms with Gasteiger partial charge >= 0.3 is 6.09 Å². The fourth-order valence-corrected chi connectivity index (χ4v) is 1.81. The third kappa shape index (κ3) is 3.35. The third-order valence-corrected chi connectivity index (χ3v) is 2.81. The summed E-state index contributed by atoms with van der Waals surface area (Å²) >= 11 is 0. The van der Waals surface area contributed by atoms with E-state index < -0.39 is 6.23 Å². The summed E-state index contributed by atoms with van der Waals surface area (Å²) in [6.07, 6.45) is -0.662. The molecule has 1 amide bonds. The van der Waals surface area contributed by atoms with E-state index >= 15 is 0 Å². The second-order valence-corrected chi connectivity index (χ2v) is 4.38.